The van der Waals surface area contributed by atoms with Crippen LogP contribution in [0, 0.1) is 0 Å². The third-order valence-corrected chi connectivity index (χ3v) is 3.98. The minimum atomic E-state index is -0.164. The van der Waals surface area contributed by atoms with E-state index in [1.165, 1.54) is 40.0 Å². The number of thiophene rings is 1. The van der Waals surface area contributed by atoms with Crippen LogP contribution in [0.2, 0.25) is 0 Å². The maximum absolute atomic E-state index is 12.1. The van der Waals surface area contributed by atoms with Gasteiger partial charge in [-0.05, 0) is 53.9 Å². The first-order valence-electron chi connectivity index (χ1n) is 6.14. The summed E-state index contributed by atoms with van der Waals surface area (Å²) in [6.45, 7) is 2.63. The molecule has 0 aromatic carbocycles. The summed E-state index contributed by atoms with van der Waals surface area (Å²) in [6, 6.07) is 3.77. The number of aromatic nitrogens is 4. The van der Waals surface area contributed by atoms with Gasteiger partial charge in [-0.25, -0.2) is 4.79 Å². The molecule has 1 saturated heterocycles. The first-order valence-corrected chi connectivity index (χ1v) is 7.01. The standard InChI is InChI=1S/C11H15N5OS/c17-11-15(9-14-6-2-1-3-7-14)12-13-16(11)10-5-4-8-18-10/h4-5,8H,1-3,6-7,9H2. The number of rotatable bonds is 3. The van der Waals surface area contributed by atoms with Gasteiger partial charge in [0.2, 0.25) is 0 Å². The fourth-order valence-electron chi connectivity index (χ4n) is 2.18. The number of nitrogens with zero attached hydrogens (tertiary/aromatic N) is 5. The first kappa shape index (κ1) is 11.6. The molecule has 1 aliphatic rings. The Hall–Kier alpha value is -1.47. The SMILES string of the molecule is O=c1n(CN2CCCCC2)nnn1-c1cccs1. The Morgan fingerprint density at radius 1 is 1.22 bits per heavy atom. The van der Waals surface area contributed by atoms with Gasteiger partial charge in [-0.1, -0.05) is 6.42 Å². The van der Waals surface area contributed by atoms with E-state index < -0.39 is 0 Å². The monoisotopic (exact) mass is 265 g/mol. The van der Waals surface area contributed by atoms with Gasteiger partial charge in [-0.3, -0.25) is 4.90 Å². The normalized spacial score (nSPS) is 17.1. The zero-order valence-electron chi connectivity index (χ0n) is 10.0. The molecule has 0 bridgehead atoms. The highest BCUT2D eigenvalue weighted by Crippen LogP contribution is 2.11. The lowest BCUT2D eigenvalue weighted by atomic mass is 10.1. The highest BCUT2D eigenvalue weighted by Gasteiger charge is 2.14. The van der Waals surface area contributed by atoms with Crippen LogP contribution in [0.3, 0.4) is 0 Å². The topological polar surface area (TPSA) is 56.0 Å². The maximum Gasteiger partial charge on any atom is 0.370 e. The van der Waals surface area contributed by atoms with Gasteiger partial charge >= 0.3 is 5.69 Å². The Bertz CT molecular complexity index is 552. The van der Waals surface area contributed by atoms with Gasteiger partial charge in [0.05, 0.1) is 0 Å². The summed E-state index contributed by atoms with van der Waals surface area (Å²) in [5.41, 5.74) is -0.164. The van der Waals surface area contributed by atoms with Gasteiger partial charge in [-0.2, -0.15) is 9.36 Å². The van der Waals surface area contributed by atoms with Crippen LogP contribution in [-0.4, -0.2) is 37.8 Å². The van der Waals surface area contributed by atoms with Crippen molar-refractivity contribution in [3.05, 3.63) is 28.0 Å². The van der Waals surface area contributed by atoms with Crippen LogP contribution in [0.25, 0.3) is 5.00 Å². The van der Waals surface area contributed by atoms with Crippen molar-refractivity contribution in [3.63, 3.8) is 0 Å². The molecule has 0 radical (unpaired) electrons. The minimum Gasteiger partial charge on any atom is -0.284 e. The number of tetrazole rings is 1. The van der Waals surface area contributed by atoms with E-state index in [2.05, 4.69) is 15.3 Å². The lowest BCUT2D eigenvalue weighted by Gasteiger charge is -2.25. The summed E-state index contributed by atoms with van der Waals surface area (Å²) < 4.78 is 2.79. The van der Waals surface area contributed by atoms with Crippen LogP contribution in [0.15, 0.2) is 22.3 Å². The number of hydrogen-bond donors (Lipinski definition) is 0. The smallest absolute Gasteiger partial charge is 0.284 e. The Morgan fingerprint density at radius 2 is 2.06 bits per heavy atom. The number of piperidine rings is 1. The summed E-state index contributed by atoms with van der Waals surface area (Å²) >= 11 is 1.48. The third-order valence-electron chi connectivity index (χ3n) is 3.14. The van der Waals surface area contributed by atoms with Crippen molar-refractivity contribution < 1.29 is 0 Å². The van der Waals surface area contributed by atoms with Crippen molar-refractivity contribution in [3.8, 4) is 5.00 Å². The van der Waals surface area contributed by atoms with E-state index in [0.717, 1.165) is 18.1 Å². The first-order chi connectivity index (χ1) is 8.84. The van der Waals surface area contributed by atoms with E-state index >= 15 is 0 Å². The van der Waals surface area contributed by atoms with Gasteiger partial charge in [0, 0.05) is 0 Å². The van der Waals surface area contributed by atoms with Crippen molar-refractivity contribution in [2.45, 2.75) is 25.9 Å². The van der Waals surface area contributed by atoms with Crippen LogP contribution in [0.1, 0.15) is 19.3 Å². The predicted molar refractivity (Wildman–Crippen MR) is 68.9 cm³/mol. The second kappa shape index (κ2) is 5.03. The van der Waals surface area contributed by atoms with Crippen LogP contribution in [0.4, 0.5) is 0 Å². The maximum atomic E-state index is 12.1. The highest BCUT2D eigenvalue weighted by atomic mass is 32.1. The Morgan fingerprint density at radius 3 is 2.78 bits per heavy atom. The van der Waals surface area contributed by atoms with E-state index in [1.54, 1.807) is 0 Å². The lowest BCUT2D eigenvalue weighted by molar-refractivity contribution is 0.169. The van der Waals surface area contributed by atoms with E-state index in [9.17, 15) is 4.79 Å². The molecule has 0 amide bonds. The summed E-state index contributed by atoms with van der Waals surface area (Å²) in [7, 11) is 0. The second-order valence-electron chi connectivity index (χ2n) is 4.44. The van der Waals surface area contributed by atoms with Crippen LogP contribution in [-0.2, 0) is 6.67 Å². The van der Waals surface area contributed by atoms with Gasteiger partial charge in [-0.15, -0.1) is 11.3 Å². The Balaban J connectivity index is 1.79. The van der Waals surface area contributed by atoms with Crippen molar-refractivity contribution in [2.24, 2.45) is 0 Å². The molecular formula is C11H15N5OS. The Kier molecular flexibility index (Phi) is 3.24. The van der Waals surface area contributed by atoms with Crippen molar-refractivity contribution >= 4 is 11.3 Å². The average Bonchev–Trinajstić information content (AvgIpc) is 3.02. The average molecular weight is 265 g/mol. The number of likely N-dealkylation sites (tertiary alicyclic amines) is 1. The van der Waals surface area contributed by atoms with Gasteiger partial charge in [0.25, 0.3) is 0 Å². The molecule has 7 heteroatoms. The zero-order valence-corrected chi connectivity index (χ0v) is 10.8. The summed E-state index contributed by atoms with van der Waals surface area (Å²) in [4.78, 5) is 14.4. The molecule has 0 spiro atoms. The van der Waals surface area contributed by atoms with Crippen LogP contribution >= 0.6 is 11.3 Å². The number of hydrogen-bond acceptors (Lipinski definition) is 5. The molecule has 3 heterocycles. The fourth-order valence-corrected chi connectivity index (χ4v) is 2.85. The van der Waals surface area contributed by atoms with E-state index in [-0.39, 0.29) is 5.69 Å². The molecule has 0 unspecified atom stereocenters. The minimum absolute atomic E-state index is 0.164. The molecule has 0 aliphatic carbocycles. The summed E-state index contributed by atoms with van der Waals surface area (Å²) in [5.74, 6) is 0. The molecule has 1 aliphatic heterocycles. The summed E-state index contributed by atoms with van der Waals surface area (Å²) in [5, 5.41) is 10.6. The molecule has 1 fully saturated rings. The Labute approximate surface area is 108 Å². The molecular weight excluding hydrogens is 250 g/mol. The summed E-state index contributed by atoms with van der Waals surface area (Å²) in [6.07, 6.45) is 3.69. The zero-order chi connectivity index (χ0) is 12.4. The second-order valence-corrected chi connectivity index (χ2v) is 5.37. The molecule has 0 N–H and O–H groups in total. The lowest BCUT2D eigenvalue weighted by Crippen LogP contribution is -2.36. The molecule has 2 aromatic rings. The predicted octanol–water partition coefficient (Wildman–Crippen LogP) is 0.934. The van der Waals surface area contributed by atoms with Crippen LogP contribution in [0.5, 0.6) is 0 Å². The fraction of sp³-hybridized carbons (Fsp3) is 0.545. The van der Waals surface area contributed by atoms with Crippen molar-refractivity contribution in [2.75, 3.05) is 13.1 Å². The van der Waals surface area contributed by atoms with E-state index in [0.29, 0.717) is 6.67 Å². The molecule has 0 atom stereocenters. The highest BCUT2D eigenvalue weighted by molar-refractivity contribution is 7.12. The molecule has 96 valence electrons. The molecule has 3 rings (SSSR count). The quantitative estimate of drug-likeness (QED) is 0.828. The van der Waals surface area contributed by atoms with E-state index in [4.69, 9.17) is 0 Å². The van der Waals surface area contributed by atoms with Crippen LogP contribution < -0.4 is 5.69 Å². The molecule has 2 aromatic heterocycles. The molecule has 6 nitrogen and oxygen atoms in total. The van der Waals surface area contributed by atoms with Gasteiger partial charge in [0.15, 0.2) is 0 Å². The molecule has 0 saturated carbocycles. The van der Waals surface area contributed by atoms with Gasteiger partial charge < -0.3 is 0 Å². The van der Waals surface area contributed by atoms with E-state index in [1.807, 2.05) is 17.5 Å². The third kappa shape index (κ3) is 2.23. The van der Waals surface area contributed by atoms with Crippen molar-refractivity contribution in [1.82, 2.24) is 24.7 Å². The largest absolute Gasteiger partial charge is 0.370 e. The van der Waals surface area contributed by atoms with Crippen molar-refractivity contribution in [1.29, 1.82) is 0 Å². The van der Waals surface area contributed by atoms with Gasteiger partial charge in [0.1, 0.15) is 11.7 Å². The molecule has 18 heavy (non-hydrogen) atoms.